The van der Waals surface area contributed by atoms with Crippen molar-refractivity contribution in [3.8, 4) is 0 Å². The Balaban J connectivity index is 0. The van der Waals surface area contributed by atoms with Crippen molar-refractivity contribution in [2.45, 2.75) is 18.6 Å². The summed E-state index contributed by atoms with van der Waals surface area (Å²) in [6.45, 7) is 2.41. The number of hydrogen-bond acceptors (Lipinski definition) is 6. The minimum atomic E-state index is -4.28. The van der Waals surface area contributed by atoms with Crippen LogP contribution in [0.4, 0.5) is 0 Å². The van der Waals surface area contributed by atoms with E-state index in [1.807, 2.05) is 0 Å². The highest BCUT2D eigenvalue weighted by molar-refractivity contribution is 7.46. The van der Waals surface area contributed by atoms with E-state index in [0.29, 0.717) is 12.5 Å². The summed E-state index contributed by atoms with van der Waals surface area (Å²) in [5.74, 6) is 0. The fourth-order valence-corrected chi connectivity index (χ4v) is 0.669. The van der Waals surface area contributed by atoms with Gasteiger partial charge in [-0.2, -0.15) is 0 Å². The molecule has 0 spiro atoms. The zero-order chi connectivity index (χ0) is 13.2. The SMILES string of the molecule is C=COP(=O)(O)O.O=CCC(O)C(O)CO. The molecule has 0 saturated carbocycles. The number of phosphoric acid groups is 1. The van der Waals surface area contributed by atoms with Crippen molar-refractivity contribution in [3.63, 3.8) is 0 Å². The van der Waals surface area contributed by atoms with E-state index in [2.05, 4.69) is 11.1 Å². The van der Waals surface area contributed by atoms with Crippen molar-refractivity contribution in [1.82, 2.24) is 0 Å². The third-order valence-electron chi connectivity index (χ3n) is 1.18. The van der Waals surface area contributed by atoms with Crippen LogP contribution in [0.15, 0.2) is 12.8 Å². The highest BCUT2D eigenvalue weighted by atomic mass is 31.2. The smallest absolute Gasteiger partial charge is 0.413 e. The minimum Gasteiger partial charge on any atom is -0.413 e. The number of aliphatic hydroxyl groups excluding tert-OH is 3. The summed E-state index contributed by atoms with van der Waals surface area (Å²) >= 11 is 0. The Hall–Kier alpha value is -0.760. The number of hydrogen-bond donors (Lipinski definition) is 5. The summed E-state index contributed by atoms with van der Waals surface area (Å²) in [6, 6.07) is 0. The summed E-state index contributed by atoms with van der Waals surface area (Å²) in [5.41, 5.74) is 0. The van der Waals surface area contributed by atoms with Gasteiger partial charge in [-0.05, 0) is 0 Å². The lowest BCUT2D eigenvalue weighted by Gasteiger charge is -2.11. The standard InChI is InChI=1S/C5H10O4.C2H5O4P/c6-2-1-4(8)5(9)3-7;1-2-6-7(3,4)5/h2,4-5,7-9H,1,3H2;2H,1H2,(H2,3,4,5). The van der Waals surface area contributed by atoms with Crippen LogP contribution in [0.5, 0.6) is 0 Å². The van der Waals surface area contributed by atoms with Crippen molar-refractivity contribution < 1.29 is 39.0 Å². The van der Waals surface area contributed by atoms with E-state index >= 15 is 0 Å². The molecular formula is C7H15O8P. The number of aliphatic hydroxyl groups is 3. The number of carbonyl (C=O) groups is 1. The molecule has 0 fully saturated rings. The zero-order valence-electron chi connectivity index (χ0n) is 8.34. The molecule has 0 aliphatic carbocycles. The maximum Gasteiger partial charge on any atom is 0.524 e. The molecule has 0 bridgehead atoms. The van der Waals surface area contributed by atoms with Crippen LogP contribution in [-0.2, 0) is 13.9 Å². The lowest BCUT2D eigenvalue weighted by Crippen LogP contribution is -2.29. The van der Waals surface area contributed by atoms with Gasteiger partial charge < -0.3 is 24.6 Å². The van der Waals surface area contributed by atoms with E-state index in [1.54, 1.807) is 0 Å². The van der Waals surface area contributed by atoms with E-state index in [1.165, 1.54) is 0 Å². The Morgan fingerprint density at radius 3 is 2.00 bits per heavy atom. The van der Waals surface area contributed by atoms with Gasteiger partial charge in [-0.1, -0.05) is 6.58 Å². The van der Waals surface area contributed by atoms with Crippen LogP contribution in [0, 0.1) is 0 Å². The van der Waals surface area contributed by atoms with Gasteiger partial charge in [-0.15, -0.1) is 0 Å². The Kier molecular flexibility index (Phi) is 10.4. The van der Waals surface area contributed by atoms with Gasteiger partial charge in [0.1, 0.15) is 12.4 Å². The van der Waals surface area contributed by atoms with E-state index in [9.17, 15) is 9.36 Å². The van der Waals surface area contributed by atoms with Crippen molar-refractivity contribution in [3.05, 3.63) is 12.8 Å². The second-order valence-electron chi connectivity index (χ2n) is 2.48. The first-order chi connectivity index (χ1) is 7.28. The number of carbonyl (C=O) groups excluding carboxylic acids is 1. The molecule has 0 radical (unpaired) electrons. The van der Waals surface area contributed by atoms with Gasteiger partial charge in [0.2, 0.25) is 0 Å². The van der Waals surface area contributed by atoms with Crippen LogP contribution in [0.3, 0.4) is 0 Å². The molecule has 9 heteroatoms. The molecule has 0 rings (SSSR count). The Bertz CT molecular complexity index is 237. The van der Waals surface area contributed by atoms with Crippen LogP contribution in [0.1, 0.15) is 6.42 Å². The largest absolute Gasteiger partial charge is 0.524 e. The number of aldehydes is 1. The zero-order valence-corrected chi connectivity index (χ0v) is 9.23. The molecule has 2 unspecified atom stereocenters. The quantitative estimate of drug-likeness (QED) is 0.220. The second-order valence-corrected chi connectivity index (χ2v) is 3.67. The van der Waals surface area contributed by atoms with E-state index in [0.717, 1.165) is 0 Å². The molecule has 0 amide bonds. The minimum absolute atomic E-state index is 0.137. The first kappa shape index (κ1) is 17.6. The summed E-state index contributed by atoms with van der Waals surface area (Å²) in [5, 5.41) is 25.5. The Morgan fingerprint density at radius 1 is 1.31 bits per heavy atom. The van der Waals surface area contributed by atoms with Crippen LogP contribution < -0.4 is 0 Å². The lowest BCUT2D eigenvalue weighted by atomic mass is 10.2. The topological polar surface area (TPSA) is 145 Å². The molecule has 0 saturated heterocycles. The molecule has 0 aliphatic rings. The van der Waals surface area contributed by atoms with Crippen LogP contribution >= 0.6 is 7.82 Å². The predicted molar refractivity (Wildman–Crippen MR) is 53.1 cm³/mol. The van der Waals surface area contributed by atoms with Crippen molar-refractivity contribution in [2.75, 3.05) is 6.61 Å². The van der Waals surface area contributed by atoms with E-state index in [4.69, 9.17) is 25.1 Å². The van der Waals surface area contributed by atoms with Gasteiger partial charge in [-0.25, -0.2) is 4.57 Å². The molecule has 0 aromatic rings. The van der Waals surface area contributed by atoms with Crippen molar-refractivity contribution in [2.24, 2.45) is 0 Å². The molecule has 8 nitrogen and oxygen atoms in total. The lowest BCUT2D eigenvalue weighted by molar-refractivity contribution is -0.111. The monoisotopic (exact) mass is 258 g/mol. The molecule has 0 heterocycles. The summed E-state index contributed by atoms with van der Waals surface area (Å²) in [7, 11) is -4.28. The first-order valence-electron chi connectivity index (χ1n) is 4.04. The highest BCUT2D eigenvalue weighted by Gasteiger charge is 2.13. The van der Waals surface area contributed by atoms with E-state index in [-0.39, 0.29) is 6.42 Å². The summed E-state index contributed by atoms with van der Waals surface area (Å²) in [6.07, 6.45) is -1.28. The molecule has 0 aliphatic heterocycles. The van der Waals surface area contributed by atoms with Gasteiger partial charge in [0.05, 0.1) is 19.0 Å². The second kappa shape index (κ2) is 9.46. The molecule has 0 aromatic carbocycles. The van der Waals surface area contributed by atoms with Crippen LogP contribution in [-0.4, -0.2) is 50.2 Å². The van der Waals surface area contributed by atoms with Gasteiger partial charge in [0.15, 0.2) is 0 Å². The fourth-order valence-electron chi connectivity index (χ4n) is 0.474. The predicted octanol–water partition coefficient (Wildman–Crippen LogP) is -1.47. The van der Waals surface area contributed by atoms with Gasteiger partial charge in [-0.3, -0.25) is 9.79 Å². The van der Waals surface area contributed by atoms with Crippen molar-refractivity contribution >= 4 is 14.1 Å². The molecule has 2 atom stereocenters. The third kappa shape index (κ3) is 13.2. The molecule has 16 heavy (non-hydrogen) atoms. The maximum absolute atomic E-state index is 9.68. The molecular weight excluding hydrogens is 243 g/mol. The van der Waals surface area contributed by atoms with Crippen LogP contribution in [0.2, 0.25) is 0 Å². The van der Waals surface area contributed by atoms with E-state index < -0.39 is 26.6 Å². The third-order valence-corrected chi connectivity index (χ3v) is 1.60. The summed E-state index contributed by atoms with van der Waals surface area (Å²) < 4.78 is 13.3. The number of phosphoric ester groups is 1. The van der Waals surface area contributed by atoms with Gasteiger partial charge in [0, 0.05) is 6.42 Å². The van der Waals surface area contributed by atoms with Crippen molar-refractivity contribution in [1.29, 1.82) is 0 Å². The number of rotatable bonds is 6. The highest BCUT2D eigenvalue weighted by Crippen LogP contribution is 2.35. The average molecular weight is 258 g/mol. The van der Waals surface area contributed by atoms with Gasteiger partial charge >= 0.3 is 7.82 Å². The molecule has 96 valence electrons. The Labute approximate surface area is 92.0 Å². The normalized spacial score (nSPS) is 14.1. The Morgan fingerprint density at radius 2 is 1.81 bits per heavy atom. The molecule has 0 aromatic heterocycles. The van der Waals surface area contributed by atoms with Crippen LogP contribution in [0.25, 0.3) is 0 Å². The maximum atomic E-state index is 9.68. The fraction of sp³-hybridized carbons (Fsp3) is 0.571. The average Bonchev–Trinajstić information content (AvgIpc) is 2.16. The van der Waals surface area contributed by atoms with Gasteiger partial charge in [0.25, 0.3) is 0 Å². The summed E-state index contributed by atoms with van der Waals surface area (Å²) in [4.78, 5) is 25.4. The molecule has 5 N–H and O–H groups in total. The first-order valence-corrected chi connectivity index (χ1v) is 5.57.